The summed E-state index contributed by atoms with van der Waals surface area (Å²) in [5, 5.41) is 13.4. The Morgan fingerprint density at radius 2 is 1.86 bits per heavy atom. The lowest BCUT2D eigenvalue weighted by molar-refractivity contribution is 0.0843. The molecule has 1 heterocycles. The van der Waals surface area contributed by atoms with Crippen LogP contribution in [0.4, 0.5) is 0 Å². The zero-order chi connectivity index (χ0) is 20.8. The lowest BCUT2D eigenvalue weighted by atomic mass is 10.1. The zero-order valence-corrected chi connectivity index (χ0v) is 17.2. The molecule has 150 valence electrons. The molecule has 0 aliphatic rings. The molecule has 29 heavy (non-hydrogen) atoms. The van der Waals surface area contributed by atoms with Crippen molar-refractivity contribution in [1.82, 2.24) is 10.3 Å². The van der Waals surface area contributed by atoms with E-state index >= 15 is 0 Å². The number of aliphatic hydroxyl groups excluding tert-OH is 1. The number of aryl methyl sites for hydroxylation is 1. The van der Waals surface area contributed by atoms with Crippen LogP contribution in [0.25, 0.3) is 11.3 Å². The van der Waals surface area contributed by atoms with Crippen LogP contribution in [0, 0.1) is 6.92 Å². The number of halogens is 2. The largest absolute Gasteiger partial charge is 0.489 e. The number of carbonyl (C=O) groups is 1. The number of hydrogen-bond acceptors (Lipinski definition) is 4. The molecule has 0 aliphatic carbocycles. The third-order valence-electron chi connectivity index (χ3n) is 4.25. The van der Waals surface area contributed by atoms with Gasteiger partial charge < -0.3 is 15.2 Å². The maximum Gasteiger partial charge on any atom is 0.253 e. The molecular formula is C22H20Cl2N2O3. The van der Waals surface area contributed by atoms with Gasteiger partial charge in [0.05, 0.1) is 22.0 Å². The van der Waals surface area contributed by atoms with Crippen LogP contribution in [-0.2, 0) is 0 Å². The number of nitrogens with zero attached hydrogens (tertiary/aromatic N) is 1. The summed E-state index contributed by atoms with van der Waals surface area (Å²) in [5.74, 6) is 0.0653. The highest BCUT2D eigenvalue weighted by Crippen LogP contribution is 2.31. The van der Waals surface area contributed by atoms with E-state index in [1.807, 2.05) is 30.3 Å². The van der Waals surface area contributed by atoms with Gasteiger partial charge in [-0.1, -0.05) is 59.6 Å². The van der Waals surface area contributed by atoms with E-state index in [1.165, 1.54) is 0 Å². The Morgan fingerprint density at radius 3 is 2.59 bits per heavy atom. The van der Waals surface area contributed by atoms with Crippen molar-refractivity contribution in [3.8, 4) is 17.0 Å². The van der Waals surface area contributed by atoms with Gasteiger partial charge >= 0.3 is 0 Å². The van der Waals surface area contributed by atoms with E-state index in [9.17, 15) is 9.90 Å². The lowest BCUT2D eigenvalue weighted by Crippen LogP contribution is -2.35. The van der Waals surface area contributed by atoms with E-state index in [0.717, 1.165) is 11.3 Å². The molecule has 3 aromatic rings. The fourth-order valence-corrected chi connectivity index (χ4v) is 3.06. The van der Waals surface area contributed by atoms with Gasteiger partial charge in [0.2, 0.25) is 0 Å². The van der Waals surface area contributed by atoms with Gasteiger partial charge in [0.1, 0.15) is 23.5 Å². The first-order chi connectivity index (χ1) is 14.0. The summed E-state index contributed by atoms with van der Waals surface area (Å²) in [6.45, 7) is 1.77. The Morgan fingerprint density at radius 1 is 1.10 bits per heavy atom. The third kappa shape index (κ3) is 5.48. The minimum Gasteiger partial charge on any atom is -0.489 e. The number of pyridine rings is 1. The minimum atomic E-state index is -0.911. The summed E-state index contributed by atoms with van der Waals surface area (Å²) in [7, 11) is 0. The van der Waals surface area contributed by atoms with Gasteiger partial charge in [-0.3, -0.25) is 9.78 Å². The van der Waals surface area contributed by atoms with Gasteiger partial charge in [0.25, 0.3) is 5.91 Å². The smallest absolute Gasteiger partial charge is 0.253 e. The summed E-state index contributed by atoms with van der Waals surface area (Å²) in [6.07, 6.45) is -0.911. The molecule has 0 spiro atoms. The predicted octanol–water partition coefficient (Wildman–Crippen LogP) is 4.53. The highest BCUT2D eigenvalue weighted by Gasteiger charge is 2.14. The van der Waals surface area contributed by atoms with Crippen molar-refractivity contribution in [1.29, 1.82) is 0 Å². The third-order valence-corrected chi connectivity index (χ3v) is 5.05. The Labute approximate surface area is 179 Å². The number of amides is 1. The molecule has 0 bridgehead atoms. The Balaban J connectivity index is 1.55. The van der Waals surface area contributed by atoms with Gasteiger partial charge in [0, 0.05) is 12.1 Å². The summed E-state index contributed by atoms with van der Waals surface area (Å²) >= 11 is 12.0. The molecule has 1 amide bonds. The van der Waals surface area contributed by atoms with E-state index < -0.39 is 6.10 Å². The number of rotatable bonds is 7. The molecule has 0 saturated carbocycles. The van der Waals surface area contributed by atoms with Crippen LogP contribution in [0.3, 0.4) is 0 Å². The lowest BCUT2D eigenvalue weighted by Gasteiger charge is -2.15. The van der Waals surface area contributed by atoms with Crippen molar-refractivity contribution in [2.75, 3.05) is 13.2 Å². The molecule has 1 unspecified atom stereocenters. The maximum atomic E-state index is 12.4. The molecule has 7 heteroatoms. The SMILES string of the molecule is Cc1nc(-c2ccccc2)ccc1C(=O)NCC(O)COc1cccc(Cl)c1Cl. The summed E-state index contributed by atoms with van der Waals surface area (Å²) in [6, 6.07) is 18.3. The molecule has 0 radical (unpaired) electrons. The number of benzene rings is 2. The van der Waals surface area contributed by atoms with Gasteiger partial charge in [-0.05, 0) is 31.2 Å². The molecule has 2 N–H and O–H groups in total. The molecular weight excluding hydrogens is 411 g/mol. The fraction of sp³-hybridized carbons (Fsp3) is 0.182. The zero-order valence-electron chi connectivity index (χ0n) is 15.7. The van der Waals surface area contributed by atoms with Crippen molar-refractivity contribution < 1.29 is 14.6 Å². The summed E-state index contributed by atoms with van der Waals surface area (Å²) in [5.41, 5.74) is 2.84. The first-order valence-corrected chi connectivity index (χ1v) is 9.77. The van der Waals surface area contributed by atoms with Crippen LogP contribution < -0.4 is 10.1 Å². The summed E-state index contributed by atoms with van der Waals surface area (Å²) < 4.78 is 5.48. The topological polar surface area (TPSA) is 71.5 Å². The van der Waals surface area contributed by atoms with Gasteiger partial charge in [-0.2, -0.15) is 0 Å². The van der Waals surface area contributed by atoms with Gasteiger partial charge in [0.15, 0.2) is 0 Å². The van der Waals surface area contributed by atoms with Crippen molar-refractivity contribution in [2.45, 2.75) is 13.0 Å². The van der Waals surface area contributed by atoms with Crippen molar-refractivity contribution in [3.63, 3.8) is 0 Å². The van der Waals surface area contributed by atoms with Crippen LogP contribution in [0.15, 0.2) is 60.7 Å². The first-order valence-electron chi connectivity index (χ1n) is 9.02. The second kappa shape index (κ2) is 9.74. The normalized spacial score (nSPS) is 11.7. The van der Waals surface area contributed by atoms with E-state index in [1.54, 1.807) is 37.3 Å². The number of ether oxygens (including phenoxy) is 1. The van der Waals surface area contributed by atoms with E-state index in [4.69, 9.17) is 27.9 Å². The number of hydrogen-bond donors (Lipinski definition) is 2. The minimum absolute atomic E-state index is 0.0247. The maximum absolute atomic E-state index is 12.4. The Kier molecular flexibility index (Phi) is 7.09. The standard InChI is InChI=1S/C22H20Cl2N2O3/c1-14-17(10-11-19(26-14)15-6-3-2-4-7-15)22(28)25-12-16(27)13-29-20-9-5-8-18(23)21(20)24/h2-11,16,27H,12-13H2,1H3,(H,25,28). The number of aromatic nitrogens is 1. The average molecular weight is 431 g/mol. The molecule has 0 fully saturated rings. The van der Waals surface area contributed by atoms with Gasteiger partial charge in [-0.15, -0.1) is 0 Å². The Hall–Kier alpha value is -2.60. The molecule has 0 aliphatic heterocycles. The van der Waals surface area contributed by atoms with Crippen molar-refractivity contribution in [3.05, 3.63) is 82.0 Å². The highest BCUT2D eigenvalue weighted by molar-refractivity contribution is 6.42. The summed E-state index contributed by atoms with van der Waals surface area (Å²) in [4.78, 5) is 17.0. The van der Waals surface area contributed by atoms with Crippen LogP contribution in [0.1, 0.15) is 16.1 Å². The molecule has 2 aromatic carbocycles. The van der Waals surface area contributed by atoms with Crippen LogP contribution in [-0.4, -0.2) is 35.3 Å². The van der Waals surface area contributed by atoms with Crippen molar-refractivity contribution in [2.24, 2.45) is 0 Å². The number of carbonyl (C=O) groups excluding carboxylic acids is 1. The highest BCUT2D eigenvalue weighted by atomic mass is 35.5. The number of aliphatic hydroxyl groups is 1. The van der Waals surface area contributed by atoms with Gasteiger partial charge in [-0.25, -0.2) is 0 Å². The molecule has 1 aromatic heterocycles. The second-order valence-electron chi connectivity index (χ2n) is 6.42. The average Bonchev–Trinajstić information content (AvgIpc) is 2.73. The van der Waals surface area contributed by atoms with Crippen molar-refractivity contribution >= 4 is 29.1 Å². The van der Waals surface area contributed by atoms with E-state index in [0.29, 0.717) is 22.0 Å². The van der Waals surface area contributed by atoms with E-state index in [2.05, 4.69) is 10.3 Å². The number of nitrogens with one attached hydrogen (secondary N) is 1. The molecule has 3 rings (SSSR count). The predicted molar refractivity (Wildman–Crippen MR) is 115 cm³/mol. The molecule has 1 atom stereocenters. The first kappa shape index (κ1) is 21.1. The molecule has 5 nitrogen and oxygen atoms in total. The fourth-order valence-electron chi connectivity index (χ4n) is 2.72. The van der Waals surface area contributed by atoms with Crippen LogP contribution >= 0.6 is 23.2 Å². The monoisotopic (exact) mass is 430 g/mol. The quantitative estimate of drug-likeness (QED) is 0.577. The molecule has 0 saturated heterocycles. The van der Waals surface area contributed by atoms with Crippen LogP contribution in [0.2, 0.25) is 10.0 Å². The van der Waals surface area contributed by atoms with E-state index in [-0.39, 0.29) is 24.1 Å². The Bertz CT molecular complexity index is 997. The second-order valence-corrected chi connectivity index (χ2v) is 7.21. The van der Waals surface area contributed by atoms with Crippen LogP contribution in [0.5, 0.6) is 5.75 Å².